The molecular formula is C24H28F3N5O4. The molecule has 0 radical (unpaired) electrons. The van der Waals surface area contributed by atoms with E-state index in [0.717, 1.165) is 41.4 Å². The zero-order chi connectivity index (χ0) is 25.9. The Morgan fingerprint density at radius 3 is 2.67 bits per heavy atom. The van der Waals surface area contributed by atoms with Crippen LogP contribution in [0, 0.1) is 12.8 Å². The van der Waals surface area contributed by atoms with E-state index in [9.17, 15) is 18.0 Å². The number of benzene rings is 1. The van der Waals surface area contributed by atoms with Gasteiger partial charge >= 0.3 is 18.2 Å². The zero-order valence-corrected chi connectivity index (χ0v) is 19.8. The lowest BCUT2D eigenvalue weighted by molar-refractivity contribution is -0.192. The number of amides is 2. The number of rotatable bonds is 4. The van der Waals surface area contributed by atoms with E-state index in [1.54, 1.807) is 0 Å². The first-order chi connectivity index (χ1) is 17.1. The van der Waals surface area contributed by atoms with Gasteiger partial charge in [-0.3, -0.25) is 0 Å². The van der Waals surface area contributed by atoms with Crippen LogP contribution in [-0.2, 0) is 21.6 Å². The molecule has 2 fully saturated rings. The molecule has 12 heteroatoms. The Labute approximate surface area is 206 Å². The number of urea groups is 1. The first-order valence-corrected chi connectivity index (χ1v) is 11.7. The summed E-state index contributed by atoms with van der Waals surface area (Å²) in [7, 11) is 0. The first kappa shape index (κ1) is 25.7. The number of hydrogen-bond acceptors (Lipinski definition) is 6. The SMILES string of the molecule is Cc1ccccc1NC(=O)N1CCC2(COCc3cnc(NCC4CC4)nc32)C1.O=C(O)C(F)(F)F. The standard InChI is InChI=1S/C22H27N5O2.C2HF3O2/c1-15-4-2-3-5-18(15)25-21(28)27-9-8-22(13-27)14-29-12-17-11-24-20(26-19(17)22)23-10-16-6-7-16;3-2(4,5)1(6)7/h2-5,11,16H,6-10,12-14H2,1H3,(H,25,28)(H,23,24,26);(H,6,7). The van der Waals surface area contributed by atoms with Crippen LogP contribution in [-0.4, -0.2) is 64.4 Å². The molecule has 9 nitrogen and oxygen atoms in total. The number of aryl methyl sites for hydroxylation is 1. The van der Waals surface area contributed by atoms with Crippen molar-refractivity contribution < 1.29 is 32.6 Å². The van der Waals surface area contributed by atoms with Gasteiger partial charge in [-0.25, -0.2) is 19.6 Å². The molecule has 1 spiro atoms. The Bertz CT molecular complexity index is 1130. The van der Waals surface area contributed by atoms with E-state index in [-0.39, 0.29) is 11.4 Å². The Kier molecular flexibility index (Phi) is 7.34. The molecule has 2 amide bonds. The number of hydrogen-bond donors (Lipinski definition) is 3. The summed E-state index contributed by atoms with van der Waals surface area (Å²) >= 11 is 0. The number of fused-ring (bicyclic) bond motifs is 2. The van der Waals surface area contributed by atoms with Crippen LogP contribution in [0.2, 0.25) is 0 Å². The smallest absolute Gasteiger partial charge is 0.475 e. The molecule has 3 aliphatic rings. The number of carbonyl (C=O) groups is 2. The lowest BCUT2D eigenvalue weighted by Gasteiger charge is -2.34. The van der Waals surface area contributed by atoms with Gasteiger partial charge in [0.25, 0.3) is 0 Å². The predicted octanol–water partition coefficient (Wildman–Crippen LogP) is 3.95. The fourth-order valence-corrected chi connectivity index (χ4v) is 4.30. The van der Waals surface area contributed by atoms with E-state index in [2.05, 4.69) is 15.6 Å². The van der Waals surface area contributed by atoms with Crippen LogP contribution in [0.3, 0.4) is 0 Å². The van der Waals surface area contributed by atoms with Gasteiger partial charge in [-0.15, -0.1) is 0 Å². The molecule has 1 aromatic heterocycles. The molecule has 5 rings (SSSR count). The summed E-state index contributed by atoms with van der Waals surface area (Å²) in [6.07, 6.45) is 0.232. The second-order valence-electron chi connectivity index (χ2n) is 9.38. The lowest BCUT2D eigenvalue weighted by atomic mass is 9.81. The normalized spacial score (nSPS) is 20.8. The van der Waals surface area contributed by atoms with Crippen molar-refractivity contribution in [2.24, 2.45) is 5.92 Å². The molecule has 194 valence electrons. The van der Waals surface area contributed by atoms with Crippen molar-refractivity contribution in [2.75, 3.05) is 36.9 Å². The lowest BCUT2D eigenvalue weighted by Crippen LogP contribution is -2.42. The van der Waals surface area contributed by atoms with E-state index < -0.39 is 12.1 Å². The van der Waals surface area contributed by atoms with Crippen LogP contribution < -0.4 is 10.6 Å². The summed E-state index contributed by atoms with van der Waals surface area (Å²) in [6.45, 7) is 5.36. The minimum absolute atomic E-state index is 0.0653. The summed E-state index contributed by atoms with van der Waals surface area (Å²) in [5.41, 5.74) is 3.74. The quantitative estimate of drug-likeness (QED) is 0.574. The highest BCUT2D eigenvalue weighted by molar-refractivity contribution is 5.90. The van der Waals surface area contributed by atoms with Gasteiger partial charge in [-0.1, -0.05) is 18.2 Å². The molecule has 2 aliphatic heterocycles. The second-order valence-corrected chi connectivity index (χ2v) is 9.38. The summed E-state index contributed by atoms with van der Waals surface area (Å²) in [5, 5.41) is 13.6. The third-order valence-corrected chi connectivity index (χ3v) is 6.52. The maximum absolute atomic E-state index is 12.9. The molecule has 0 bridgehead atoms. The number of halogens is 3. The van der Waals surface area contributed by atoms with E-state index in [1.165, 1.54) is 12.8 Å². The van der Waals surface area contributed by atoms with Crippen LogP contribution >= 0.6 is 0 Å². The molecule has 1 saturated carbocycles. The maximum Gasteiger partial charge on any atom is 0.490 e. The number of anilines is 2. The summed E-state index contributed by atoms with van der Waals surface area (Å²) in [6, 6.07) is 7.78. The van der Waals surface area contributed by atoms with Crippen LogP contribution in [0.1, 0.15) is 36.1 Å². The Morgan fingerprint density at radius 1 is 1.28 bits per heavy atom. The molecule has 2 aromatic rings. The van der Waals surface area contributed by atoms with Crippen LogP contribution in [0.4, 0.5) is 29.6 Å². The van der Waals surface area contributed by atoms with E-state index in [1.807, 2.05) is 42.3 Å². The van der Waals surface area contributed by atoms with Crippen LogP contribution in [0.5, 0.6) is 0 Å². The molecular weight excluding hydrogens is 479 g/mol. The highest BCUT2D eigenvalue weighted by Gasteiger charge is 2.46. The largest absolute Gasteiger partial charge is 0.490 e. The number of carboxylic acids is 1. The zero-order valence-electron chi connectivity index (χ0n) is 19.8. The maximum atomic E-state index is 12.9. The van der Waals surface area contributed by atoms with Gasteiger partial charge in [-0.05, 0) is 43.7 Å². The summed E-state index contributed by atoms with van der Waals surface area (Å²) < 4.78 is 37.6. The van der Waals surface area contributed by atoms with Gasteiger partial charge in [-0.2, -0.15) is 13.2 Å². The fraction of sp³-hybridized carbons (Fsp3) is 0.500. The number of nitrogens with one attached hydrogen (secondary N) is 2. The number of carboxylic acid groups (broad SMARTS) is 1. The van der Waals surface area contributed by atoms with Crippen molar-refractivity contribution in [3.8, 4) is 0 Å². The number of aliphatic carboxylic acids is 1. The van der Waals surface area contributed by atoms with E-state index in [4.69, 9.17) is 19.6 Å². The van der Waals surface area contributed by atoms with Crippen molar-refractivity contribution in [2.45, 2.75) is 44.4 Å². The number of carbonyl (C=O) groups excluding carboxylic acids is 1. The Morgan fingerprint density at radius 2 is 2.00 bits per heavy atom. The first-order valence-electron chi connectivity index (χ1n) is 11.7. The number of nitrogens with zero attached hydrogens (tertiary/aromatic N) is 3. The van der Waals surface area contributed by atoms with Crippen molar-refractivity contribution in [1.82, 2.24) is 14.9 Å². The molecule has 1 atom stereocenters. The van der Waals surface area contributed by atoms with Crippen molar-refractivity contribution >= 4 is 23.6 Å². The number of para-hydroxylation sites is 1. The molecule has 3 heterocycles. The van der Waals surface area contributed by atoms with Gasteiger partial charge in [0.15, 0.2) is 0 Å². The van der Waals surface area contributed by atoms with Gasteiger partial charge in [0.1, 0.15) is 0 Å². The van der Waals surface area contributed by atoms with Crippen molar-refractivity contribution in [3.63, 3.8) is 0 Å². The van der Waals surface area contributed by atoms with Gasteiger partial charge in [0.05, 0.1) is 24.3 Å². The van der Waals surface area contributed by atoms with Gasteiger partial charge in [0, 0.05) is 37.1 Å². The molecule has 1 saturated heterocycles. The highest BCUT2D eigenvalue weighted by atomic mass is 19.4. The van der Waals surface area contributed by atoms with E-state index in [0.29, 0.717) is 32.3 Å². The number of aromatic nitrogens is 2. The third-order valence-electron chi connectivity index (χ3n) is 6.52. The molecule has 1 aromatic carbocycles. The number of likely N-dealkylation sites (tertiary alicyclic amines) is 1. The Balaban J connectivity index is 0.000000384. The van der Waals surface area contributed by atoms with Gasteiger partial charge < -0.3 is 25.4 Å². The highest BCUT2D eigenvalue weighted by Crippen LogP contribution is 2.39. The van der Waals surface area contributed by atoms with Gasteiger partial charge in [0.2, 0.25) is 5.95 Å². The molecule has 1 unspecified atom stereocenters. The molecule has 1 aliphatic carbocycles. The molecule has 36 heavy (non-hydrogen) atoms. The molecule has 3 N–H and O–H groups in total. The van der Waals surface area contributed by atoms with Crippen LogP contribution in [0.25, 0.3) is 0 Å². The third kappa shape index (κ3) is 6.04. The average molecular weight is 508 g/mol. The Hall–Kier alpha value is -3.41. The van der Waals surface area contributed by atoms with Crippen molar-refractivity contribution in [3.05, 3.63) is 47.3 Å². The van der Waals surface area contributed by atoms with Crippen molar-refractivity contribution in [1.29, 1.82) is 0 Å². The van der Waals surface area contributed by atoms with Crippen LogP contribution in [0.15, 0.2) is 30.5 Å². The number of ether oxygens (including phenoxy) is 1. The predicted molar refractivity (Wildman–Crippen MR) is 125 cm³/mol. The summed E-state index contributed by atoms with van der Waals surface area (Å²) in [4.78, 5) is 33.0. The minimum Gasteiger partial charge on any atom is -0.475 e. The number of alkyl halides is 3. The fourth-order valence-electron chi connectivity index (χ4n) is 4.30. The topological polar surface area (TPSA) is 117 Å². The monoisotopic (exact) mass is 507 g/mol. The van der Waals surface area contributed by atoms with E-state index >= 15 is 0 Å². The minimum atomic E-state index is -5.08. The summed E-state index contributed by atoms with van der Waals surface area (Å²) in [5.74, 6) is -1.30. The average Bonchev–Trinajstić information content (AvgIpc) is 3.58. The second kappa shape index (κ2) is 10.3.